The van der Waals surface area contributed by atoms with E-state index in [1.807, 2.05) is 0 Å². The molecule has 0 atom stereocenters. The van der Waals surface area contributed by atoms with E-state index in [1.165, 1.54) is 25.7 Å². The van der Waals surface area contributed by atoms with Crippen LogP contribution in [0.2, 0.25) is 0 Å². The Kier molecular flexibility index (Phi) is 49.1. The molecule has 0 aromatic carbocycles. The molecule has 0 spiro atoms. The highest BCUT2D eigenvalue weighted by atomic mass is 19.0. The van der Waals surface area contributed by atoms with Gasteiger partial charge >= 0.3 is 0 Å². The molecule has 0 unspecified atom stereocenters. The lowest BCUT2D eigenvalue weighted by molar-refractivity contribution is 0.504. The summed E-state index contributed by atoms with van der Waals surface area (Å²) in [6, 6.07) is 0. The van der Waals surface area contributed by atoms with Crippen LogP contribution in [-0.4, -0.2) is 0 Å². The molecule has 0 heterocycles. The Hall–Kier alpha value is -0.140. The molecule has 0 aliphatic heterocycles. The van der Waals surface area contributed by atoms with Crippen LogP contribution >= 0.6 is 0 Å². The van der Waals surface area contributed by atoms with Crippen LogP contribution in [0, 0.1) is 0 Å². The average Bonchev–Trinajstić information content (AvgIpc) is 0.722. The van der Waals surface area contributed by atoms with Crippen molar-refractivity contribution in [3.8, 4) is 0 Å². The highest BCUT2D eigenvalue weighted by molar-refractivity contribution is 4.50. The van der Waals surface area contributed by atoms with Crippen LogP contribution in [0.4, 0.5) is 9.41 Å². The van der Waals surface area contributed by atoms with Gasteiger partial charge in [-0.15, -0.1) is 0 Å². The normalized spacial score (nSPS) is 12.0. The van der Waals surface area contributed by atoms with E-state index in [0.717, 1.165) is 0 Å². The van der Waals surface area contributed by atoms with Gasteiger partial charge in [-0.25, -0.2) is 0 Å². The molecule has 0 saturated heterocycles. The molecule has 0 aromatic rings. The van der Waals surface area contributed by atoms with Crippen molar-refractivity contribution >= 4 is 0 Å². The fourth-order valence-corrected chi connectivity index (χ4v) is 0.250. The van der Waals surface area contributed by atoms with Crippen molar-refractivity contribution in [2.45, 2.75) is 40.5 Å². The molecule has 8 heavy (non-hydrogen) atoms. The Balaban J connectivity index is -0.0000000200. The van der Waals surface area contributed by atoms with Crippen molar-refractivity contribution in [2.75, 3.05) is 0 Å². The predicted molar refractivity (Wildman–Crippen MR) is 36.9 cm³/mol. The highest BCUT2D eigenvalue weighted by Gasteiger charge is 1.95. The van der Waals surface area contributed by atoms with Gasteiger partial charge in [-0.3, -0.25) is 9.41 Å². The lowest BCUT2D eigenvalue weighted by atomic mass is 10.0. The van der Waals surface area contributed by atoms with Gasteiger partial charge in [0.25, 0.3) is 0 Å². The second-order valence-electron chi connectivity index (χ2n) is 1.41. The molecule has 2 heteroatoms. The SMILES string of the molecule is C.C.C1CCC1.F.F. The minimum Gasteiger partial charge on any atom is -0.269 e. The Morgan fingerprint density at radius 3 is 0.625 bits per heavy atom. The van der Waals surface area contributed by atoms with Gasteiger partial charge in [-0.2, -0.15) is 0 Å². The molecule has 1 fully saturated rings. The number of rotatable bonds is 0. The summed E-state index contributed by atoms with van der Waals surface area (Å²) >= 11 is 0. The van der Waals surface area contributed by atoms with Crippen LogP contribution in [0.3, 0.4) is 0 Å². The quantitative estimate of drug-likeness (QED) is 0.470. The zero-order valence-corrected chi connectivity index (χ0v) is 3.64. The number of hydrogen-bond donors (Lipinski definition) is 0. The maximum Gasteiger partial charge on any atom is -0.0533 e. The molecular weight excluding hydrogens is 110 g/mol. The lowest BCUT2D eigenvalue weighted by Gasteiger charge is -2.05. The van der Waals surface area contributed by atoms with Crippen molar-refractivity contribution in [3.63, 3.8) is 0 Å². The third-order valence-corrected chi connectivity index (χ3v) is 1.000. The monoisotopic (exact) mass is 128 g/mol. The van der Waals surface area contributed by atoms with Crippen LogP contribution in [0.15, 0.2) is 0 Å². The standard InChI is InChI=1S/C4H8.2CH4.2FH/c1-2-4-3-1;;;;/h1-4H2;2*1H4;2*1H. The fraction of sp³-hybridized carbons (Fsp3) is 1.00. The number of hydrogen-bond acceptors (Lipinski definition) is 0. The van der Waals surface area contributed by atoms with Crippen molar-refractivity contribution < 1.29 is 9.41 Å². The van der Waals surface area contributed by atoms with Gasteiger partial charge in [-0.1, -0.05) is 40.5 Å². The lowest BCUT2D eigenvalue weighted by Crippen LogP contribution is -1.85. The van der Waals surface area contributed by atoms with Gasteiger partial charge in [0.2, 0.25) is 0 Å². The van der Waals surface area contributed by atoms with Crippen molar-refractivity contribution in [1.29, 1.82) is 0 Å². The molecule has 0 nitrogen and oxygen atoms in total. The molecule has 0 bridgehead atoms. The zero-order chi connectivity index (χ0) is 2.83. The second kappa shape index (κ2) is 15.8. The average molecular weight is 128 g/mol. The molecule has 0 N–H and O–H groups in total. The zero-order valence-electron chi connectivity index (χ0n) is 3.64. The smallest absolute Gasteiger partial charge is 0.0533 e. The Morgan fingerprint density at radius 2 is 0.625 bits per heavy atom. The summed E-state index contributed by atoms with van der Waals surface area (Å²) in [5, 5.41) is 0. The molecule has 0 amide bonds. The Labute approximate surface area is 51.0 Å². The van der Waals surface area contributed by atoms with Crippen molar-refractivity contribution in [1.82, 2.24) is 0 Å². The highest BCUT2D eigenvalue weighted by Crippen LogP contribution is 2.15. The second-order valence-corrected chi connectivity index (χ2v) is 1.41. The van der Waals surface area contributed by atoms with Gasteiger partial charge in [0, 0.05) is 0 Å². The summed E-state index contributed by atoms with van der Waals surface area (Å²) in [5.74, 6) is 0. The molecule has 0 radical (unpaired) electrons. The van der Waals surface area contributed by atoms with E-state index in [1.54, 1.807) is 0 Å². The summed E-state index contributed by atoms with van der Waals surface area (Å²) in [6.07, 6.45) is 6.00. The molecular formula is C6H18F2. The summed E-state index contributed by atoms with van der Waals surface area (Å²) in [5.41, 5.74) is 0. The first-order valence-corrected chi connectivity index (χ1v) is 2.00. The molecule has 1 saturated carbocycles. The summed E-state index contributed by atoms with van der Waals surface area (Å²) < 4.78 is 0. The Morgan fingerprint density at radius 1 is 0.500 bits per heavy atom. The minimum atomic E-state index is 0. The van der Waals surface area contributed by atoms with E-state index in [-0.39, 0.29) is 24.3 Å². The van der Waals surface area contributed by atoms with E-state index in [2.05, 4.69) is 0 Å². The molecule has 1 aliphatic rings. The van der Waals surface area contributed by atoms with Crippen molar-refractivity contribution in [3.05, 3.63) is 0 Å². The third kappa shape index (κ3) is 9.29. The van der Waals surface area contributed by atoms with E-state index in [9.17, 15) is 0 Å². The van der Waals surface area contributed by atoms with Crippen LogP contribution in [-0.2, 0) is 0 Å². The Bertz CT molecular complexity index is 14.5. The largest absolute Gasteiger partial charge is 0.269 e. The van der Waals surface area contributed by atoms with Crippen LogP contribution in [0.25, 0.3) is 0 Å². The molecule has 0 aromatic heterocycles. The van der Waals surface area contributed by atoms with E-state index in [0.29, 0.717) is 0 Å². The van der Waals surface area contributed by atoms with E-state index < -0.39 is 0 Å². The van der Waals surface area contributed by atoms with Crippen LogP contribution in [0.1, 0.15) is 40.5 Å². The number of halogens is 2. The first-order chi connectivity index (χ1) is 2.00. The van der Waals surface area contributed by atoms with Gasteiger partial charge < -0.3 is 0 Å². The van der Waals surface area contributed by atoms with Crippen LogP contribution < -0.4 is 0 Å². The minimum absolute atomic E-state index is 0. The predicted octanol–water partition coefficient (Wildman–Crippen LogP) is 3.14. The maximum atomic E-state index is 1.50. The summed E-state index contributed by atoms with van der Waals surface area (Å²) in [7, 11) is 0. The van der Waals surface area contributed by atoms with Gasteiger partial charge in [0.05, 0.1) is 0 Å². The van der Waals surface area contributed by atoms with Gasteiger partial charge in [-0.05, 0) is 0 Å². The van der Waals surface area contributed by atoms with Crippen molar-refractivity contribution in [2.24, 2.45) is 0 Å². The summed E-state index contributed by atoms with van der Waals surface area (Å²) in [6.45, 7) is 0. The molecule has 1 rings (SSSR count). The third-order valence-electron chi connectivity index (χ3n) is 1.000. The molecule has 56 valence electrons. The molecule has 1 aliphatic carbocycles. The first-order valence-electron chi connectivity index (χ1n) is 2.00. The van der Waals surface area contributed by atoms with Gasteiger partial charge in [0.1, 0.15) is 0 Å². The topological polar surface area (TPSA) is 0 Å². The van der Waals surface area contributed by atoms with Crippen LogP contribution in [0.5, 0.6) is 0 Å². The summed E-state index contributed by atoms with van der Waals surface area (Å²) in [4.78, 5) is 0. The van der Waals surface area contributed by atoms with E-state index >= 15 is 0 Å². The van der Waals surface area contributed by atoms with E-state index in [4.69, 9.17) is 0 Å². The first kappa shape index (κ1) is 24.8. The fourth-order valence-electron chi connectivity index (χ4n) is 0.250. The van der Waals surface area contributed by atoms with Gasteiger partial charge in [0.15, 0.2) is 0 Å². The maximum absolute atomic E-state index is 1.50.